The predicted molar refractivity (Wildman–Crippen MR) is 99.9 cm³/mol. The van der Waals surface area contributed by atoms with E-state index < -0.39 is 6.10 Å². The van der Waals surface area contributed by atoms with Gasteiger partial charge in [-0.2, -0.15) is 4.98 Å². The van der Waals surface area contributed by atoms with Crippen molar-refractivity contribution in [2.45, 2.75) is 32.9 Å². The van der Waals surface area contributed by atoms with Crippen molar-refractivity contribution in [1.29, 1.82) is 0 Å². The van der Waals surface area contributed by atoms with Gasteiger partial charge in [-0.15, -0.1) is 11.3 Å². The van der Waals surface area contributed by atoms with Gasteiger partial charge in [-0.3, -0.25) is 4.79 Å². The Balaban J connectivity index is 1.68. The summed E-state index contributed by atoms with van der Waals surface area (Å²) in [5.41, 5.74) is 0. The van der Waals surface area contributed by atoms with Crippen molar-refractivity contribution in [3.63, 3.8) is 0 Å². The molecule has 3 aromatic rings. The minimum absolute atomic E-state index is 0.0882. The standard InChI is InChI=1S/C19H21N3O3S/c1-3-15(24-14-9-6-5-7-10-14)19(23)22(4-2)13-17-20-18(21-25-17)16-11-8-12-26-16/h5-12,15H,3-4,13H2,1-2H3. The summed E-state index contributed by atoms with van der Waals surface area (Å²) in [5, 5.41) is 5.95. The molecule has 1 amide bonds. The second kappa shape index (κ2) is 8.62. The molecule has 2 heterocycles. The lowest BCUT2D eigenvalue weighted by Crippen LogP contribution is -2.41. The van der Waals surface area contributed by atoms with Crippen LogP contribution in [0.3, 0.4) is 0 Å². The van der Waals surface area contributed by atoms with E-state index in [1.54, 1.807) is 16.2 Å². The molecule has 3 rings (SSSR count). The van der Waals surface area contributed by atoms with Crippen LogP contribution in [0, 0.1) is 0 Å². The molecule has 0 saturated heterocycles. The Bertz CT molecular complexity index is 818. The third kappa shape index (κ3) is 4.29. The van der Waals surface area contributed by atoms with Gasteiger partial charge in [-0.25, -0.2) is 0 Å². The van der Waals surface area contributed by atoms with Crippen LogP contribution in [0.25, 0.3) is 10.7 Å². The average Bonchev–Trinajstić information content (AvgIpc) is 3.36. The van der Waals surface area contributed by atoms with Crippen LogP contribution < -0.4 is 4.74 Å². The molecule has 0 aliphatic carbocycles. The maximum Gasteiger partial charge on any atom is 0.264 e. The summed E-state index contributed by atoms with van der Waals surface area (Å²) < 4.78 is 11.2. The predicted octanol–water partition coefficient (Wildman–Crippen LogP) is 4.00. The largest absolute Gasteiger partial charge is 0.481 e. The fourth-order valence-corrected chi connectivity index (χ4v) is 3.16. The van der Waals surface area contributed by atoms with Crippen molar-refractivity contribution in [2.24, 2.45) is 0 Å². The van der Waals surface area contributed by atoms with Gasteiger partial charge in [0.1, 0.15) is 12.3 Å². The first kappa shape index (κ1) is 18.1. The quantitative estimate of drug-likeness (QED) is 0.598. The number of carbonyl (C=O) groups excluding carboxylic acids is 1. The molecule has 0 aliphatic rings. The van der Waals surface area contributed by atoms with Crippen molar-refractivity contribution < 1.29 is 14.1 Å². The number of rotatable bonds is 8. The molecular formula is C19H21N3O3S. The lowest BCUT2D eigenvalue weighted by molar-refractivity contribution is -0.139. The zero-order valence-electron chi connectivity index (χ0n) is 14.8. The molecule has 1 unspecified atom stereocenters. The molecular weight excluding hydrogens is 350 g/mol. The van der Waals surface area contributed by atoms with Gasteiger partial charge in [-0.1, -0.05) is 36.3 Å². The molecule has 1 atom stereocenters. The Labute approximate surface area is 156 Å². The highest BCUT2D eigenvalue weighted by molar-refractivity contribution is 7.13. The fraction of sp³-hybridized carbons (Fsp3) is 0.316. The fourth-order valence-electron chi connectivity index (χ4n) is 2.51. The summed E-state index contributed by atoms with van der Waals surface area (Å²) in [6.07, 6.45) is 0.0335. The number of thiophene rings is 1. The van der Waals surface area contributed by atoms with Gasteiger partial charge in [-0.05, 0) is 36.9 Å². The Kier molecular flexibility index (Phi) is 6.01. The molecule has 0 radical (unpaired) electrons. The van der Waals surface area contributed by atoms with E-state index in [0.29, 0.717) is 30.4 Å². The van der Waals surface area contributed by atoms with Crippen LogP contribution in [0.2, 0.25) is 0 Å². The number of likely N-dealkylation sites (N-methyl/N-ethyl adjacent to an activating group) is 1. The Hall–Kier alpha value is -2.67. The maximum atomic E-state index is 12.9. The third-order valence-corrected chi connectivity index (χ3v) is 4.76. The van der Waals surface area contributed by atoms with Gasteiger partial charge in [0.15, 0.2) is 6.10 Å². The lowest BCUT2D eigenvalue weighted by atomic mass is 10.2. The highest BCUT2D eigenvalue weighted by Gasteiger charge is 2.25. The van der Waals surface area contributed by atoms with E-state index >= 15 is 0 Å². The second-order valence-electron chi connectivity index (χ2n) is 5.67. The molecule has 0 fully saturated rings. The topological polar surface area (TPSA) is 68.5 Å². The van der Waals surface area contributed by atoms with E-state index in [9.17, 15) is 4.79 Å². The van der Waals surface area contributed by atoms with Crippen LogP contribution in [-0.2, 0) is 11.3 Å². The van der Waals surface area contributed by atoms with Crippen molar-refractivity contribution in [2.75, 3.05) is 6.54 Å². The lowest BCUT2D eigenvalue weighted by Gasteiger charge is -2.25. The number of amides is 1. The van der Waals surface area contributed by atoms with E-state index in [2.05, 4.69) is 10.1 Å². The van der Waals surface area contributed by atoms with E-state index in [1.165, 1.54) is 0 Å². The molecule has 136 valence electrons. The number of hydrogen-bond acceptors (Lipinski definition) is 6. The maximum absolute atomic E-state index is 12.9. The van der Waals surface area contributed by atoms with Crippen LogP contribution in [0.1, 0.15) is 26.2 Å². The number of aromatic nitrogens is 2. The van der Waals surface area contributed by atoms with Crippen LogP contribution >= 0.6 is 11.3 Å². The SMILES string of the molecule is CCC(Oc1ccccc1)C(=O)N(CC)Cc1nc(-c2cccs2)no1. The number of nitrogens with zero attached hydrogens (tertiary/aromatic N) is 3. The van der Waals surface area contributed by atoms with E-state index in [0.717, 1.165) is 4.88 Å². The molecule has 2 aromatic heterocycles. The number of benzene rings is 1. The van der Waals surface area contributed by atoms with Gasteiger partial charge in [0.2, 0.25) is 11.7 Å². The molecule has 7 heteroatoms. The first-order chi connectivity index (χ1) is 12.7. The van der Waals surface area contributed by atoms with Crippen molar-refractivity contribution in [3.05, 3.63) is 53.7 Å². The van der Waals surface area contributed by atoms with Crippen molar-refractivity contribution in [1.82, 2.24) is 15.0 Å². The zero-order chi connectivity index (χ0) is 18.4. The highest BCUT2D eigenvalue weighted by atomic mass is 32.1. The Morgan fingerprint density at radius 1 is 1.23 bits per heavy atom. The van der Waals surface area contributed by atoms with Crippen LogP contribution in [0.4, 0.5) is 0 Å². The summed E-state index contributed by atoms with van der Waals surface area (Å²) in [6, 6.07) is 13.2. The second-order valence-corrected chi connectivity index (χ2v) is 6.62. The summed E-state index contributed by atoms with van der Waals surface area (Å²) in [6.45, 7) is 4.65. The number of para-hydroxylation sites is 1. The van der Waals surface area contributed by atoms with E-state index in [-0.39, 0.29) is 12.5 Å². The zero-order valence-corrected chi connectivity index (χ0v) is 15.6. The smallest absolute Gasteiger partial charge is 0.264 e. The summed E-state index contributed by atoms with van der Waals surface area (Å²) >= 11 is 1.54. The molecule has 0 bridgehead atoms. The minimum atomic E-state index is -0.544. The van der Waals surface area contributed by atoms with Gasteiger partial charge >= 0.3 is 0 Å². The Morgan fingerprint density at radius 3 is 2.69 bits per heavy atom. The summed E-state index contributed by atoms with van der Waals surface area (Å²) in [5.74, 6) is 1.56. The number of hydrogen-bond donors (Lipinski definition) is 0. The monoisotopic (exact) mass is 371 g/mol. The highest BCUT2D eigenvalue weighted by Crippen LogP contribution is 2.22. The van der Waals surface area contributed by atoms with E-state index in [4.69, 9.17) is 9.26 Å². The Morgan fingerprint density at radius 2 is 2.04 bits per heavy atom. The summed E-state index contributed by atoms with van der Waals surface area (Å²) in [7, 11) is 0. The average molecular weight is 371 g/mol. The van der Waals surface area contributed by atoms with Gasteiger partial charge in [0.05, 0.1) is 4.88 Å². The van der Waals surface area contributed by atoms with Crippen LogP contribution in [0.5, 0.6) is 5.75 Å². The van der Waals surface area contributed by atoms with Crippen LogP contribution in [0.15, 0.2) is 52.4 Å². The first-order valence-electron chi connectivity index (χ1n) is 8.58. The first-order valence-corrected chi connectivity index (χ1v) is 9.46. The van der Waals surface area contributed by atoms with Gasteiger partial charge in [0, 0.05) is 6.54 Å². The van der Waals surface area contributed by atoms with Crippen LogP contribution in [-0.4, -0.2) is 33.6 Å². The summed E-state index contributed by atoms with van der Waals surface area (Å²) in [4.78, 5) is 19.9. The van der Waals surface area contributed by atoms with E-state index in [1.807, 2.05) is 61.7 Å². The molecule has 6 nitrogen and oxygen atoms in total. The molecule has 26 heavy (non-hydrogen) atoms. The number of ether oxygens (including phenoxy) is 1. The van der Waals surface area contributed by atoms with Crippen molar-refractivity contribution in [3.8, 4) is 16.5 Å². The normalized spacial score (nSPS) is 11.9. The number of carbonyl (C=O) groups is 1. The van der Waals surface area contributed by atoms with Gasteiger partial charge in [0.25, 0.3) is 5.91 Å². The molecule has 0 N–H and O–H groups in total. The molecule has 0 saturated carbocycles. The molecule has 0 spiro atoms. The minimum Gasteiger partial charge on any atom is -0.481 e. The molecule has 0 aliphatic heterocycles. The van der Waals surface area contributed by atoms with Crippen molar-refractivity contribution >= 4 is 17.2 Å². The molecule has 1 aromatic carbocycles. The van der Waals surface area contributed by atoms with Gasteiger partial charge < -0.3 is 14.2 Å². The third-order valence-electron chi connectivity index (χ3n) is 3.90.